The minimum atomic E-state index is -0.221. The summed E-state index contributed by atoms with van der Waals surface area (Å²) in [5.41, 5.74) is 0. The molecule has 0 amide bonds. The molecule has 0 bridgehead atoms. The van der Waals surface area contributed by atoms with Crippen LogP contribution in [-0.4, -0.2) is 25.2 Å². The highest BCUT2D eigenvalue weighted by atomic mass is 16.5. The van der Waals surface area contributed by atoms with Gasteiger partial charge in [-0.3, -0.25) is 9.59 Å². The van der Waals surface area contributed by atoms with Gasteiger partial charge < -0.3 is 9.47 Å². The van der Waals surface area contributed by atoms with Crippen molar-refractivity contribution in [2.24, 2.45) is 0 Å². The van der Waals surface area contributed by atoms with Gasteiger partial charge in [-0.05, 0) is 12.8 Å². The van der Waals surface area contributed by atoms with E-state index in [-0.39, 0.29) is 24.8 Å². The molecular formula is C26H48O4. The van der Waals surface area contributed by atoms with Crippen molar-refractivity contribution in [2.45, 2.75) is 129 Å². The second kappa shape index (κ2) is 24.0. The zero-order valence-corrected chi connectivity index (χ0v) is 19.9. The normalized spacial score (nSPS) is 11.1. The maximum atomic E-state index is 11.7. The Labute approximate surface area is 186 Å². The molecule has 0 saturated carbocycles. The largest absolute Gasteiger partial charge is 0.465 e. The Morgan fingerprint density at radius 3 is 1.13 bits per heavy atom. The predicted octanol–water partition coefficient (Wildman–Crippen LogP) is 7.69. The van der Waals surface area contributed by atoms with Gasteiger partial charge in [-0.1, -0.05) is 116 Å². The van der Waals surface area contributed by atoms with Gasteiger partial charge in [0.25, 0.3) is 0 Å². The Balaban J connectivity index is 3.40. The number of carbonyl (C=O) groups excluding carboxylic acids is 2. The summed E-state index contributed by atoms with van der Waals surface area (Å²) >= 11 is 0. The summed E-state index contributed by atoms with van der Waals surface area (Å²) in [6, 6.07) is 0. The fraction of sp³-hybridized carbons (Fsp3) is 0.846. The monoisotopic (exact) mass is 424 g/mol. The molecule has 0 saturated heterocycles. The van der Waals surface area contributed by atoms with Gasteiger partial charge in [-0.2, -0.15) is 0 Å². The summed E-state index contributed by atoms with van der Waals surface area (Å²) in [7, 11) is 0. The number of carbonyl (C=O) groups is 2. The average molecular weight is 425 g/mol. The van der Waals surface area contributed by atoms with Crippen LogP contribution in [0.2, 0.25) is 0 Å². The number of hydrogen-bond acceptors (Lipinski definition) is 4. The summed E-state index contributed by atoms with van der Waals surface area (Å²) in [5, 5.41) is 0. The molecule has 176 valence electrons. The van der Waals surface area contributed by atoms with Gasteiger partial charge >= 0.3 is 11.9 Å². The van der Waals surface area contributed by atoms with E-state index in [1.54, 1.807) is 12.2 Å². The Bertz CT molecular complexity index is 379. The van der Waals surface area contributed by atoms with Crippen LogP contribution < -0.4 is 0 Å². The third-order valence-corrected chi connectivity index (χ3v) is 5.26. The molecular weight excluding hydrogens is 376 g/mol. The lowest BCUT2D eigenvalue weighted by Gasteiger charge is -2.04. The van der Waals surface area contributed by atoms with Gasteiger partial charge in [0.15, 0.2) is 0 Å². The van der Waals surface area contributed by atoms with Crippen molar-refractivity contribution in [3.05, 3.63) is 12.2 Å². The lowest BCUT2D eigenvalue weighted by molar-refractivity contribution is -0.144. The summed E-state index contributed by atoms with van der Waals surface area (Å²) in [4.78, 5) is 23.3. The van der Waals surface area contributed by atoms with Crippen molar-refractivity contribution in [1.29, 1.82) is 0 Å². The van der Waals surface area contributed by atoms with E-state index in [1.807, 2.05) is 0 Å². The molecule has 0 spiro atoms. The summed E-state index contributed by atoms with van der Waals surface area (Å²) in [5.74, 6) is -0.442. The molecule has 0 aromatic heterocycles. The van der Waals surface area contributed by atoms with Crippen LogP contribution in [0.5, 0.6) is 0 Å². The third kappa shape index (κ3) is 23.0. The van der Waals surface area contributed by atoms with E-state index in [0.717, 1.165) is 25.7 Å². The van der Waals surface area contributed by atoms with Crippen LogP contribution in [0.4, 0.5) is 0 Å². The van der Waals surface area contributed by atoms with Gasteiger partial charge in [-0.25, -0.2) is 0 Å². The number of ether oxygens (including phenoxy) is 2. The number of hydrogen-bond donors (Lipinski definition) is 0. The highest BCUT2D eigenvalue weighted by Crippen LogP contribution is 2.09. The van der Waals surface area contributed by atoms with E-state index < -0.39 is 0 Å². The van der Waals surface area contributed by atoms with Crippen molar-refractivity contribution in [2.75, 3.05) is 13.2 Å². The van der Waals surface area contributed by atoms with Crippen molar-refractivity contribution in [1.82, 2.24) is 0 Å². The number of rotatable bonds is 22. The molecule has 0 N–H and O–H groups in total. The predicted molar refractivity (Wildman–Crippen MR) is 126 cm³/mol. The first-order valence-corrected chi connectivity index (χ1v) is 12.7. The Morgan fingerprint density at radius 1 is 0.500 bits per heavy atom. The molecule has 0 unspecified atom stereocenters. The number of esters is 2. The molecule has 0 aliphatic heterocycles. The van der Waals surface area contributed by atoms with Crippen LogP contribution in [0.1, 0.15) is 129 Å². The van der Waals surface area contributed by atoms with Gasteiger partial charge in [0.1, 0.15) is 0 Å². The maximum Gasteiger partial charge on any atom is 0.309 e. The SMILES string of the molecule is CCCCCCCCCCOC(=O)CC=CCC(=O)OCCCCCCCCCC. The van der Waals surface area contributed by atoms with E-state index in [1.165, 1.54) is 77.0 Å². The topological polar surface area (TPSA) is 52.6 Å². The number of unbranched alkanes of at least 4 members (excludes halogenated alkanes) is 14. The van der Waals surface area contributed by atoms with Crippen molar-refractivity contribution in [3.8, 4) is 0 Å². The van der Waals surface area contributed by atoms with Crippen LogP contribution in [0.3, 0.4) is 0 Å². The lowest BCUT2D eigenvalue weighted by atomic mass is 10.1. The first kappa shape index (κ1) is 28.7. The first-order valence-electron chi connectivity index (χ1n) is 12.7. The van der Waals surface area contributed by atoms with E-state index in [9.17, 15) is 9.59 Å². The molecule has 30 heavy (non-hydrogen) atoms. The maximum absolute atomic E-state index is 11.7. The Morgan fingerprint density at radius 2 is 0.800 bits per heavy atom. The van der Waals surface area contributed by atoms with E-state index >= 15 is 0 Å². The van der Waals surface area contributed by atoms with Crippen LogP contribution in [0, 0.1) is 0 Å². The third-order valence-electron chi connectivity index (χ3n) is 5.26. The quantitative estimate of drug-likeness (QED) is 0.101. The van der Waals surface area contributed by atoms with E-state index in [2.05, 4.69) is 13.8 Å². The van der Waals surface area contributed by atoms with Crippen LogP contribution in [-0.2, 0) is 19.1 Å². The molecule has 0 radical (unpaired) electrons. The molecule has 4 nitrogen and oxygen atoms in total. The minimum Gasteiger partial charge on any atom is -0.465 e. The zero-order chi connectivity index (χ0) is 22.1. The average Bonchev–Trinajstić information content (AvgIpc) is 2.74. The molecule has 0 heterocycles. The standard InChI is InChI=1S/C26H48O4/c1-3-5-7-9-11-13-15-19-23-29-25(27)21-17-18-22-26(28)30-24-20-16-14-12-10-8-6-4-2/h17-18H,3-16,19-24H2,1-2H3. The van der Waals surface area contributed by atoms with E-state index in [4.69, 9.17) is 9.47 Å². The molecule has 0 atom stereocenters. The van der Waals surface area contributed by atoms with Gasteiger partial charge in [0.05, 0.1) is 26.1 Å². The zero-order valence-electron chi connectivity index (χ0n) is 19.9. The van der Waals surface area contributed by atoms with Crippen molar-refractivity contribution >= 4 is 11.9 Å². The molecule has 0 aliphatic rings. The van der Waals surface area contributed by atoms with Crippen LogP contribution >= 0.6 is 0 Å². The smallest absolute Gasteiger partial charge is 0.309 e. The fourth-order valence-corrected chi connectivity index (χ4v) is 3.32. The van der Waals surface area contributed by atoms with E-state index in [0.29, 0.717) is 13.2 Å². The molecule has 0 aromatic rings. The van der Waals surface area contributed by atoms with Gasteiger partial charge in [0, 0.05) is 0 Å². The second-order valence-corrected chi connectivity index (χ2v) is 8.27. The molecule has 0 aliphatic carbocycles. The van der Waals surface area contributed by atoms with Crippen molar-refractivity contribution in [3.63, 3.8) is 0 Å². The van der Waals surface area contributed by atoms with Gasteiger partial charge in [0.2, 0.25) is 0 Å². The summed E-state index contributed by atoms with van der Waals surface area (Å²) < 4.78 is 10.4. The van der Waals surface area contributed by atoms with Crippen LogP contribution in [0.15, 0.2) is 12.2 Å². The second-order valence-electron chi connectivity index (χ2n) is 8.27. The Kier molecular flexibility index (Phi) is 22.9. The fourth-order valence-electron chi connectivity index (χ4n) is 3.32. The van der Waals surface area contributed by atoms with Gasteiger partial charge in [-0.15, -0.1) is 0 Å². The van der Waals surface area contributed by atoms with Crippen molar-refractivity contribution < 1.29 is 19.1 Å². The lowest BCUT2D eigenvalue weighted by Crippen LogP contribution is -2.05. The first-order chi connectivity index (χ1) is 14.7. The summed E-state index contributed by atoms with van der Waals surface area (Å²) in [6.45, 7) is 5.46. The molecule has 0 aromatic carbocycles. The Hall–Kier alpha value is -1.32. The highest BCUT2D eigenvalue weighted by Gasteiger charge is 2.02. The summed E-state index contributed by atoms with van der Waals surface area (Å²) in [6.07, 6.45) is 23.5. The van der Waals surface area contributed by atoms with Crippen LogP contribution in [0.25, 0.3) is 0 Å². The highest BCUT2D eigenvalue weighted by molar-refractivity contribution is 5.73. The molecule has 4 heteroatoms. The minimum absolute atomic E-state index is 0.221. The molecule has 0 fully saturated rings. The molecule has 0 rings (SSSR count).